The molecule has 7 nitrogen and oxygen atoms in total. The molecule has 3 heterocycles. The summed E-state index contributed by atoms with van der Waals surface area (Å²) in [5.41, 5.74) is 0.958. The van der Waals surface area contributed by atoms with Crippen LogP contribution >= 0.6 is 24.0 Å². The first-order valence-electron chi connectivity index (χ1n) is 9.06. The molecule has 2 aliphatic heterocycles. The Bertz CT molecular complexity index is 587. The molecular formula is C18H29IN4O3. The summed E-state index contributed by atoms with van der Waals surface area (Å²) >= 11 is 0. The molecule has 1 aromatic heterocycles. The van der Waals surface area contributed by atoms with Gasteiger partial charge in [0.1, 0.15) is 6.61 Å². The van der Waals surface area contributed by atoms with Gasteiger partial charge >= 0.3 is 0 Å². The number of aliphatic imine (C=N–C) groups is 1. The molecule has 2 N–H and O–H groups in total. The number of nitrogens with one attached hydrogen (secondary N) is 2. The van der Waals surface area contributed by atoms with Gasteiger partial charge in [-0.2, -0.15) is 0 Å². The standard InChI is InChI=1S/C18H28N4O3.HI/c1-3-19-18(22-15-11-14-6-7-16(15)25-14)21-12-13-5-4-8-20-17(13)24-10-9-23-2;/h4-5,8,14-16H,3,6-7,9-12H2,1-2H3,(H2,19,21,22);1H. The number of ether oxygens (including phenoxy) is 3. The lowest BCUT2D eigenvalue weighted by molar-refractivity contribution is 0.0992. The Kier molecular flexibility index (Phi) is 8.86. The molecule has 26 heavy (non-hydrogen) atoms. The molecule has 3 unspecified atom stereocenters. The summed E-state index contributed by atoms with van der Waals surface area (Å²) in [6.45, 7) is 4.40. The van der Waals surface area contributed by atoms with Crippen molar-refractivity contribution in [3.63, 3.8) is 0 Å². The van der Waals surface area contributed by atoms with Crippen molar-refractivity contribution in [1.29, 1.82) is 0 Å². The third-order valence-corrected chi connectivity index (χ3v) is 4.56. The second-order valence-corrected chi connectivity index (χ2v) is 6.36. The van der Waals surface area contributed by atoms with Crippen LogP contribution in [0.15, 0.2) is 23.3 Å². The molecule has 0 saturated carbocycles. The average Bonchev–Trinajstić information content (AvgIpc) is 3.24. The monoisotopic (exact) mass is 476 g/mol. The molecule has 0 spiro atoms. The van der Waals surface area contributed by atoms with Gasteiger partial charge in [-0.3, -0.25) is 0 Å². The van der Waals surface area contributed by atoms with Crippen molar-refractivity contribution in [1.82, 2.24) is 15.6 Å². The molecule has 2 bridgehead atoms. The summed E-state index contributed by atoms with van der Waals surface area (Å²) in [6, 6.07) is 4.24. The summed E-state index contributed by atoms with van der Waals surface area (Å²) in [5.74, 6) is 1.43. The van der Waals surface area contributed by atoms with Crippen LogP contribution in [0.4, 0.5) is 0 Å². The molecule has 2 fully saturated rings. The number of rotatable bonds is 8. The number of hydrogen-bond donors (Lipinski definition) is 2. The molecule has 0 radical (unpaired) electrons. The Balaban J connectivity index is 0.00000243. The van der Waals surface area contributed by atoms with E-state index in [4.69, 9.17) is 19.2 Å². The van der Waals surface area contributed by atoms with Crippen LogP contribution in [-0.2, 0) is 16.0 Å². The molecule has 8 heteroatoms. The highest BCUT2D eigenvalue weighted by Crippen LogP contribution is 2.34. The zero-order chi connectivity index (χ0) is 17.5. The molecule has 0 aromatic carbocycles. The maximum atomic E-state index is 5.91. The quantitative estimate of drug-likeness (QED) is 0.259. The van der Waals surface area contributed by atoms with Crippen molar-refractivity contribution in [3.8, 4) is 5.88 Å². The number of fused-ring (bicyclic) bond motifs is 2. The van der Waals surface area contributed by atoms with Gasteiger partial charge in [-0.15, -0.1) is 24.0 Å². The Morgan fingerprint density at radius 1 is 1.38 bits per heavy atom. The molecule has 2 aliphatic rings. The van der Waals surface area contributed by atoms with Crippen molar-refractivity contribution in [2.75, 3.05) is 26.9 Å². The first-order chi connectivity index (χ1) is 12.3. The van der Waals surface area contributed by atoms with E-state index in [1.807, 2.05) is 12.1 Å². The Morgan fingerprint density at radius 2 is 2.27 bits per heavy atom. The van der Waals surface area contributed by atoms with Gasteiger partial charge in [0.2, 0.25) is 5.88 Å². The number of guanidine groups is 1. The number of pyridine rings is 1. The topological polar surface area (TPSA) is 77.0 Å². The zero-order valence-corrected chi connectivity index (χ0v) is 17.8. The van der Waals surface area contributed by atoms with E-state index in [2.05, 4.69) is 22.5 Å². The Morgan fingerprint density at radius 3 is 2.96 bits per heavy atom. The fourth-order valence-electron chi connectivity index (χ4n) is 3.35. The normalized spacial score (nSPS) is 24.2. The van der Waals surface area contributed by atoms with Crippen LogP contribution in [0.2, 0.25) is 0 Å². The highest BCUT2D eigenvalue weighted by Gasteiger charge is 2.41. The van der Waals surface area contributed by atoms with E-state index < -0.39 is 0 Å². The van der Waals surface area contributed by atoms with E-state index in [-0.39, 0.29) is 24.0 Å². The van der Waals surface area contributed by atoms with Crippen LogP contribution in [0.1, 0.15) is 31.7 Å². The smallest absolute Gasteiger partial charge is 0.218 e. The number of hydrogen-bond acceptors (Lipinski definition) is 5. The number of aromatic nitrogens is 1. The van der Waals surface area contributed by atoms with E-state index in [1.54, 1.807) is 13.3 Å². The molecule has 0 amide bonds. The Hall–Kier alpha value is -1.13. The minimum atomic E-state index is 0. The van der Waals surface area contributed by atoms with Crippen LogP contribution in [0.5, 0.6) is 5.88 Å². The lowest BCUT2D eigenvalue weighted by Gasteiger charge is -2.22. The number of methoxy groups -OCH3 is 1. The van der Waals surface area contributed by atoms with E-state index in [9.17, 15) is 0 Å². The van der Waals surface area contributed by atoms with Crippen molar-refractivity contribution in [2.45, 2.75) is 51.0 Å². The van der Waals surface area contributed by atoms with Crippen LogP contribution in [0.25, 0.3) is 0 Å². The van der Waals surface area contributed by atoms with Gasteiger partial charge in [-0.25, -0.2) is 9.98 Å². The predicted octanol–water partition coefficient (Wildman–Crippen LogP) is 2.10. The van der Waals surface area contributed by atoms with E-state index in [1.165, 1.54) is 6.42 Å². The van der Waals surface area contributed by atoms with Gasteiger partial charge < -0.3 is 24.8 Å². The van der Waals surface area contributed by atoms with Gasteiger partial charge in [-0.05, 0) is 32.3 Å². The summed E-state index contributed by atoms with van der Waals surface area (Å²) < 4.78 is 16.6. The molecule has 0 aliphatic carbocycles. The summed E-state index contributed by atoms with van der Waals surface area (Å²) in [5, 5.41) is 6.84. The largest absolute Gasteiger partial charge is 0.475 e. The van der Waals surface area contributed by atoms with Gasteiger partial charge in [0.05, 0.1) is 31.4 Å². The van der Waals surface area contributed by atoms with Crippen LogP contribution in [0.3, 0.4) is 0 Å². The minimum Gasteiger partial charge on any atom is -0.475 e. The van der Waals surface area contributed by atoms with Gasteiger partial charge in [0, 0.05) is 25.4 Å². The first kappa shape index (κ1) is 21.2. The van der Waals surface area contributed by atoms with Crippen molar-refractivity contribution in [3.05, 3.63) is 23.9 Å². The molecule has 3 rings (SSSR count). The van der Waals surface area contributed by atoms with Crippen molar-refractivity contribution in [2.24, 2.45) is 4.99 Å². The number of nitrogens with zero attached hydrogens (tertiary/aromatic N) is 2. The second kappa shape index (κ2) is 10.9. The Labute approximate surface area is 172 Å². The fraction of sp³-hybridized carbons (Fsp3) is 0.667. The second-order valence-electron chi connectivity index (χ2n) is 6.36. The summed E-state index contributed by atoms with van der Waals surface area (Å²) in [6.07, 6.45) is 5.86. The van der Waals surface area contributed by atoms with Crippen molar-refractivity contribution >= 4 is 29.9 Å². The maximum Gasteiger partial charge on any atom is 0.218 e. The van der Waals surface area contributed by atoms with Gasteiger partial charge in [0.15, 0.2) is 5.96 Å². The minimum absolute atomic E-state index is 0. The maximum absolute atomic E-state index is 5.91. The molecule has 3 atom stereocenters. The zero-order valence-electron chi connectivity index (χ0n) is 15.4. The SMILES string of the molecule is CCNC(=NCc1cccnc1OCCOC)NC1CC2CCC1O2.I. The van der Waals surface area contributed by atoms with Crippen LogP contribution in [-0.4, -0.2) is 56.1 Å². The first-order valence-corrected chi connectivity index (χ1v) is 9.06. The highest BCUT2D eigenvalue weighted by atomic mass is 127. The lowest BCUT2D eigenvalue weighted by Crippen LogP contribution is -2.47. The van der Waals surface area contributed by atoms with Crippen molar-refractivity contribution < 1.29 is 14.2 Å². The molecule has 1 aromatic rings. The van der Waals surface area contributed by atoms with E-state index in [0.717, 1.165) is 30.9 Å². The van der Waals surface area contributed by atoms with E-state index in [0.29, 0.717) is 43.9 Å². The predicted molar refractivity (Wildman–Crippen MR) is 111 cm³/mol. The van der Waals surface area contributed by atoms with Crippen LogP contribution < -0.4 is 15.4 Å². The van der Waals surface area contributed by atoms with E-state index >= 15 is 0 Å². The van der Waals surface area contributed by atoms with Gasteiger partial charge in [-0.1, -0.05) is 6.07 Å². The summed E-state index contributed by atoms with van der Waals surface area (Å²) in [7, 11) is 1.65. The summed E-state index contributed by atoms with van der Waals surface area (Å²) in [4.78, 5) is 9.01. The highest BCUT2D eigenvalue weighted by molar-refractivity contribution is 14.0. The number of halogens is 1. The third kappa shape index (κ3) is 5.68. The van der Waals surface area contributed by atoms with Crippen LogP contribution in [0, 0.1) is 0 Å². The molecule has 146 valence electrons. The third-order valence-electron chi connectivity index (χ3n) is 4.56. The molecule has 2 saturated heterocycles. The fourth-order valence-corrected chi connectivity index (χ4v) is 3.35. The van der Waals surface area contributed by atoms with Gasteiger partial charge in [0.25, 0.3) is 0 Å². The average molecular weight is 476 g/mol. The molecular weight excluding hydrogens is 447 g/mol. The lowest BCUT2D eigenvalue weighted by atomic mass is 9.96.